The van der Waals surface area contributed by atoms with E-state index in [2.05, 4.69) is 0 Å². The van der Waals surface area contributed by atoms with Gasteiger partial charge in [-0.2, -0.15) is 0 Å². The van der Waals surface area contributed by atoms with E-state index in [-0.39, 0.29) is 13.0 Å². The Labute approximate surface area is 196 Å². The van der Waals surface area contributed by atoms with Crippen molar-refractivity contribution in [2.75, 3.05) is 6.61 Å². The highest BCUT2D eigenvalue weighted by Gasteiger charge is 2.52. The molecule has 1 aliphatic carbocycles. The molecule has 34 heavy (non-hydrogen) atoms. The van der Waals surface area contributed by atoms with Gasteiger partial charge in [0, 0.05) is 39.8 Å². The largest absolute Gasteiger partial charge is 0.463 e. The van der Waals surface area contributed by atoms with E-state index in [0.717, 1.165) is 13.8 Å². The summed E-state index contributed by atoms with van der Waals surface area (Å²) in [6, 6.07) is -2.74. The summed E-state index contributed by atoms with van der Waals surface area (Å²) < 4.78 is 32.4. The van der Waals surface area contributed by atoms with Crippen molar-refractivity contribution < 1.29 is 52.7 Å². The molecule has 7 N–H and O–H groups in total. The second kappa shape index (κ2) is 11.9. The third-order valence-corrected chi connectivity index (χ3v) is 5.40. The summed E-state index contributed by atoms with van der Waals surface area (Å²) >= 11 is 0. The molecule has 14 nitrogen and oxygen atoms in total. The fourth-order valence-electron chi connectivity index (χ4n) is 4.02. The van der Waals surface area contributed by atoms with Gasteiger partial charge in [-0.05, 0) is 6.42 Å². The quantitative estimate of drug-likeness (QED) is 0.209. The van der Waals surface area contributed by atoms with Crippen molar-refractivity contribution in [3.63, 3.8) is 0 Å². The van der Waals surface area contributed by atoms with Crippen LogP contribution in [0.5, 0.6) is 0 Å². The van der Waals surface area contributed by atoms with E-state index < -0.39 is 84.9 Å². The van der Waals surface area contributed by atoms with Crippen LogP contribution < -0.4 is 17.2 Å². The van der Waals surface area contributed by atoms with E-state index >= 15 is 0 Å². The molecule has 1 heterocycles. The molecular weight excluding hydrogens is 458 g/mol. The van der Waals surface area contributed by atoms with Crippen molar-refractivity contribution in [2.24, 2.45) is 17.2 Å². The fraction of sp³-hybridized carbons (Fsp3) is 0.800. The molecule has 2 rings (SSSR count). The van der Waals surface area contributed by atoms with Gasteiger partial charge in [-0.1, -0.05) is 0 Å². The number of nitrogens with two attached hydrogens (primary N) is 3. The normalized spacial score (nSPS) is 37.9. The standard InChI is InChI=1S/C20H33N3O11/c1-7(24)29-6-13-18(31-9(3)26)19(32-10(4)27)14(23)20(33-13)34-17-12(22)5-11(21)16(15(17)28)30-8(2)25/h11-20,28H,5-6,21-23H2,1-4H3. The second-order valence-electron chi connectivity index (χ2n) is 8.30. The average Bonchev–Trinajstić information content (AvgIpc) is 2.70. The van der Waals surface area contributed by atoms with Crippen LogP contribution in [-0.4, -0.2) is 96.6 Å². The summed E-state index contributed by atoms with van der Waals surface area (Å²) in [4.78, 5) is 46.2. The predicted molar refractivity (Wildman–Crippen MR) is 111 cm³/mol. The van der Waals surface area contributed by atoms with Crippen molar-refractivity contribution in [3.8, 4) is 0 Å². The smallest absolute Gasteiger partial charge is 0.303 e. The minimum absolute atomic E-state index is 0.141. The first kappa shape index (κ1) is 27.9. The van der Waals surface area contributed by atoms with Crippen molar-refractivity contribution in [1.82, 2.24) is 0 Å². The first-order valence-corrected chi connectivity index (χ1v) is 10.7. The number of hydrogen-bond acceptors (Lipinski definition) is 14. The second-order valence-corrected chi connectivity index (χ2v) is 8.30. The number of esters is 4. The molecule has 14 heteroatoms. The van der Waals surface area contributed by atoms with Crippen molar-refractivity contribution in [3.05, 3.63) is 0 Å². The predicted octanol–water partition coefficient (Wildman–Crippen LogP) is -2.80. The molecule has 10 unspecified atom stereocenters. The molecule has 2 aliphatic rings. The summed E-state index contributed by atoms with van der Waals surface area (Å²) in [5, 5.41) is 10.8. The summed E-state index contributed by atoms with van der Waals surface area (Å²) in [6.45, 7) is 4.23. The third-order valence-electron chi connectivity index (χ3n) is 5.40. The van der Waals surface area contributed by atoms with Gasteiger partial charge in [-0.25, -0.2) is 0 Å². The van der Waals surface area contributed by atoms with E-state index in [9.17, 15) is 24.3 Å². The highest BCUT2D eigenvalue weighted by atomic mass is 16.7. The summed E-state index contributed by atoms with van der Waals surface area (Å²) in [6.07, 6.45) is -8.48. The van der Waals surface area contributed by atoms with Gasteiger partial charge in [0.1, 0.15) is 31.0 Å². The molecule has 1 saturated carbocycles. The lowest BCUT2D eigenvalue weighted by molar-refractivity contribution is -0.298. The molecule has 1 saturated heterocycles. The van der Waals surface area contributed by atoms with Crippen LogP contribution in [-0.2, 0) is 47.6 Å². The van der Waals surface area contributed by atoms with Crippen LogP contribution in [0.2, 0.25) is 0 Å². The number of hydrogen-bond donors (Lipinski definition) is 4. The highest BCUT2D eigenvalue weighted by Crippen LogP contribution is 2.30. The molecule has 0 amide bonds. The lowest BCUT2D eigenvalue weighted by atomic mass is 9.84. The Morgan fingerprint density at radius 3 is 1.82 bits per heavy atom. The number of aliphatic hydroxyl groups excluding tert-OH is 1. The van der Waals surface area contributed by atoms with Crippen molar-refractivity contribution >= 4 is 23.9 Å². The molecule has 0 bridgehead atoms. The molecule has 0 aromatic carbocycles. The van der Waals surface area contributed by atoms with Gasteiger partial charge in [0.05, 0.1) is 6.04 Å². The van der Waals surface area contributed by atoms with Gasteiger partial charge in [0.15, 0.2) is 18.5 Å². The Morgan fingerprint density at radius 2 is 1.29 bits per heavy atom. The van der Waals surface area contributed by atoms with E-state index in [0.29, 0.717) is 0 Å². The molecule has 2 fully saturated rings. The summed E-state index contributed by atoms with van der Waals surface area (Å²) in [5.41, 5.74) is 18.4. The number of aliphatic hydroxyl groups is 1. The fourth-order valence-corrected chi connectivity index (χ4v) is 4.02. The van der Waals surface area contributed by atoms with Crippen LogP contribution in [0.1, 0.15) is 34.1 Å². The Hall–Kier alpha value is -2.36. The maximum absolute atomic E-state index is 11.7. The van der Waals surface area contributed by atoms with Crippen LogP contribution in [0.3, 0.4) is 0 Å². The summed E-state index contributed by atoms with van der Waals surface area (Å²) in [5.74, 6) is -2.72. The van der Waals surface area contributed by atoms with Gasteiger partial charge in [0.25, 0.3) is 0 Å². The first-order valence-electron chi connectivity index (χ1n) is 10.7. The minimum Gasteiger partial charge on any atom is -0.463 e. The maximum atomic E-state index is 11.7. The van der Waals surface area contributed by atoms with Crippen molar-refractivity contribution in [2.45, 2.75) is 95.2 Å². The number of carbonyl (C=O) groups excluding carboxylic acids is 4. The molecule has 10 atom stereocenters. The third kappa shape index (κ3) is 7.07. The molecule has 0 radical (unpaired) electrons. The van der Waals surface area contributed by atoms with Gasteiger partial charge in [-0.15, -0.1) is 0 Å². The highest BCUT2D eigenvalue weighted by molar-refractivity contribution is 5.68. The Kier molecular flexibility index (Phi) is 9.73. The van der Waals surface area contributed by atoms with Crippen LogP contribution >= 0.6 is 0 Å². The number of ether oxygens (including phenoxy) is 6. The van der Waals surface area contributed by atoms with E-state index in [1.807, 2.05) is 0 Å². The topological polar surface area (TPSA) is 222 Å². The number of carbonyl (C=O) groups is 4. The van der Waals surface area contributed by atoms with Crippen LogP contribution in [0.15, 0.2) is 0 Å². The minimum atomic E-state index is -1.43. The SMILES string of the molecule is CC(=O)OCC1OC(OC2C(N)CC(N)C(OC(C)=O)C2O)C(N)C(OC(C)=O)C1OC(C)=O. The zero-order chi connectivity index (χ0) is 25.7. The Bertz CT molecular complexity index is 766. The van der Waals surface area contributed by atoms with Crippen LogP contribution in [0, 0.1) is 0 Å². The molecule has 194 valence electrons. The van der Waals surface area contributed by atoms with Crippen molar-refractivity contribution in [1.29, 1.82) is 0 Å². The molecule has 0 aromatic heterocycles. The molecule has 1 aliphatic heterocycles. The van der Waals surface area contributed by atoms with Gasteiger partial charge < -0.3 is 50.7 Å². The Balaban J connectivity index is 2.31. The Morgan fingerprint density at radius 1 is 0.794 bits per heavy atom. The molecular formula is C20H33N3O11. The zero-order valence-corrected chi connectivity index (χ0v) is 19.4. The van der Waals surface area contributed by atoms with Crippen LogP contribution in [0.4, 0.5) is 0 Å². The van der Waals surface area contributed by atoms with Gasteiger partial charge >= 0.3 is 23.9 Å². The average molecular weight is 491 g/mol. The zero-order valence-electron chi connectivity index (χ0n) is 19.4. The number of rotatable bonds is 7. The first-order chi connectivity index (χ1) is 15.8. The lowest BCUT2D eigenvalue weighted by Gasteiger charge is -2.47. The van der Waals surface area contributed by atoms with Gasteiger partial charge in [-0.3, -0.25) is 19.2 Å². The van der Waals surface area contributed by atoms with Gasteiger partial charge in [0.2, 0.25) is 0 Å². The van der Waals surface area contributed by atoms with E-state index in [1.54, 1.807) is 0 Å². The van der Waals surface area contributed by atoms with Crippen LogP contribution in [0.25, 0.3) is 0 Å². The molecule has 0 spiro atoms. The van der Waals surface area contributed by atoms with E-state index in [1.165, 1.54) is 13.8 Å². The van der Waals surface area contributed by atoms with E-state index in [4.69, 9.17) is 45.6 Å². The summed E-state index contributed by atoms with van der Waals surface area (Å²) in [7, 11) is 0. The lowest BCUT2D eigenvalue weighted by Crippen LogP contribution is -2.68. The maximum Gasteiger partial charge on any atom is 0.303 e. The monoisotopic (exact) mass is 491 g/mol. The molecule has 0 aromatic rings.